The number of aryl methyl sites for hydroxylation is 1. The first-order chi connectivity index (χ1) is 10.1. The van der Waals surface area contributed by atoms with Crippen LogP contribution in [0.15, 0.2) is 33.2 Å². The van der Waals surface area contributed by atoms with Gasteiger partial charge in [-0.3, -0.25) is 9.59 Å². The van der Waals surface area contributed by atoms with Crippen LogP contribution in [0.5, 0.6) is 5.75 Å². The zero-order chi connectivity index (χ0) is 15.2. The Morgan fingerprint density at radius 1 is 1.48 bits per heavy atom. The van der Waals surface area contributed by atoms with E-state index in [-0.39, 0.29) is 11.2 Å². The van der Waals surface area contributed by atoms with Crippen molar-refractivity contribution in [1.29, 1.82) is 0 Å². The highest BCUT2D eigenvalue weighted by molar-refractivity contribution is 5.79. The Labute approximate surface area is 123 Å². The molecule has 1 atom stereocenters. The van der Waals surface area contributed by atoms with Gasteiger partial charge in [-0.25, -0.2) is 0 Å². The number of hydrogen-bond acceptors (Lipinski definition) is 4. The lowest BCUT2D eigenvalue weighted by Gasteiger charge is -2.18. The second kappa shape index (κ2) is 7.11. The molecule has 0 bridgehead atoms. The summed E-state index contributed by atoms with van der Waals surface area (Å²) in [6.07, 6.45) is 8.55. The zero-order valence-corrected chi connectivity index (χ0v) is 12.3. The topological polar surface area (TPSA) is 82.5 Å². The Morgan fingerprint density at radius 3 is 2.90 bits per heavy atom. The molecule has 1 amide bonds. The molecule has 1 aromatic rings. The van der Waals surface area contributed by atoms with Crippen molar-refractivity contribution < 1.29 is 13.9 Å². The maximum atomic E-state index is 11.8. The van der Waals surface area contributed by atoms with E-state index in [0.29, 0.717) is 12.2 Å². The summed E-state index contributed by atoms with van der Waals surface area (Å²) >= 11 is 0. The summed E-state index contributed by atoms with van der Waals surface area (Å²) in [5.41, 5.74) is 6.42. The Hall–Kier alpha value is -2.04. The summed E-state index contributed by atoms with van der Waals surface area (Å²) in [5, 5.41) is 0. The molecular formula is C16H21NO4. The molecule has 21 heavy (non-hydrogen) atoms. The quantitative estimate of drug-likeness (QED) is 0.816. The number of ether oxygens (including phenoxy) is 1. The average Bonchev–Trinajstić information content (AvgIpc) is 2.47. The summed E-state index contributed by atoms with van der Waals surface area (Å²) in [6.45, 7) is 1.62. The fourth-order valence-electron chi connectivity index (χ4n) is 2.49. The number of amides is 1. The van der Waals surface area contributed by atoms with Crippen LogP contribution in [0.25, 0.3) is 0 Å². The molecule has 0 fully saturated rings. The van der Waals surface area contributed by atoms with Gasteiger partial charge in [-0.2, -0.15) is 0 Å². The van der Waals surface area contributed by atoms with E-state index >= 15 is 0 Å². The van der Waals surface area contributed by atoms with Crippen molar-refractivity contribution in [3.8, 4) is 5.75 Å². The standard InChI is InChI=1S/C16H21NO4/c1-11-15(13(18)9-10-20-11)21-14(16(17)19)8-7-12-5-3-2-4-6-12/h5,9-10,14H,2-4,6-8H2,1H3,(H2,17,19). The van der Waals surface area contributed by atoms with Gasteiger partial charge in [0.05, 0.1) is 6.26 Å². The SMILES string of the molecule is Cc1occc(=O)c1OC(CCC1=CCCCC1)C(N)=O. The second-order valence-electron chi connectivity index (χ2n) is 5.33. The van der Waals surface area contributed by atoms with E-state index in [1.165, 1.54) is 30.7 Å². The van der Waals surface area contributed by atoms with Crippen molar-refractivity contribution in [1.82, 2.24) is 0 Å². The Balaban J connectivity index is 2.04. The predicted molar refractivity (Wildman–Crippen MR) is 79.1 cm³/mol. The van der Waals surface area contributed by atoms with Crippen LogP contribution in [0.3, 0.4) is 0 Å². The smallest absolute Gasteiger partial charge is 0.258 e. The van der Waals surface area contributed by atoms with Gasteiger partial charge in [-0.15, -0.1) is 0 Å². The highest BCUT2D eigenvalue weighted by Crippen LogP contribution is 2.23. The molecule has 0 aliphatic heterocycles. The lowest BCUT2D eigenvalue weighted by Crippen LogP contribution is -2.35. The predicted octanol–water partition coefficient (Wildman–Crippen LogP) is 2.46. The minimum absolute atomic E-state index is 0.0684. The van der Waals surface area contributed by atoms with Crippen LogP contribution in [0, 0.1) is 6.92 Å². The Bertz CT molecular complexity index is 588. The molecule has 1 aromatic heterocycles. The number of carbonyl (C=O) groups is 1. The minimum Gasteiger partial charge on any atom is -0.473 e. The first-order valence-electron chi connectivity index (χ1n) is 7.30. The molecule has 1 aliphatic rings. The Morgan fingerprint density at radius 2 is 2.29 bits per heavy atom. The first-order valence-corrected chi connectivity index (χ1v) is 7.30. The van der Waals surface area contributed by atoms with E-state index in [9.17, 15) is 9.59 Å². The lowest BCUT2D eigenvalue weighted by molar-refractivity contribution is -0.125. The summed E-state index contributed by atoms with van der Waals surface area (Å²) in [7, 11) is 0. The highest BCUT2D eigenvalue weighted by atomic mass is 16.5. The van der Waals surface area contributed by atoms with E-state index in [0.717, 1.165) is 19.3 Å². The van der Waals surface area contributed by atoms with Crippen LogP contribution in [0.2, 0.25) is 0 Å². The number of carbonyl (C=O) groups excluding carboxylic acids is 1. The normalized spacial score (nSPS) is 16.1. The molecule has 0 spiro atoms. The van der Waals surface area contributed by atoms with E-state index in [1.807, 2.05) is 0 Å². The minimum atomic E-state index is -0.808. The molecule has 5 heteroatoms. The molecule has 0 radical (unpaired) electrons. The van der Waals surface area contributed by atoms with Crippen LogP contribution < -0.4 is 15.9 Å². The van der Waals surface area contributed by atoms with Gasteiger partial charge in [0.25, 0.3) is 5.91 Å². The van der Waals surface area contributed by atoms with Crippen molar-refractivity contribution in [2.45, 2.75) is 51.6 Å². The van der Waals surface area contributed by atoms with E-state index in [1.54, 1.807) is 6.92 Å². The van der Waals surface area contributed by atoms with Crippen molar-refractivity contribution in [2.24, 2.45) is 5.73 Å². The number of allylic oxidation sites excluding steroid dienone is 2. The van der Waals surface area contributed by atoms with Crippen molar-refractivity contribution in [2.75, 3.05) is 0 Å². The second-order valence-corrected chi connectivity index (χ2v) is 5.33. The number of rotatable bonds is 6. The van der Waals surface area contributed by atoms with Gasteiger partial charge < -0.3 is 14.9 Å². The van der Waals surface area contributed by atoms with E-state index in [2.05, 4.69) is 6.08 Å². The van der Waals surface area contributed by atoms with Crippen LogP contribution in [-0.4, -0.2) is 12.0 Å². The van der Waals surface area contributed by atoms with Crippen LogP contribution >= 0.6 is 0 Å². The molecule has 0 saturated carbocycles. The summed E-state index contributed by atoms with van der Waals surface area (Å²) in [6, 6.07) is 1.27. The molecule has 1 heterocycles. The molecule has 114 valence electrons. The van der Waals surface area contributed by atoms with Gasteiger partial charge >= 0.3 is 0 Å². The third-order valence-corrected chi connectivity index (χ3v) is 3.70. The molecule has 1 unspecified atom stereocenters. The largest absolute Gasteiger partial charge is 0.473 e. The maximum Gasteiger partial charge on any atom is 0.258 e. The van der Waals surface area contributed by atoms with Gasteiger partial charge in [-0.1, -0.05) is 11.6 Å². The monoisotopic (exact) mass is 291 g/mol. The average molecular weight is 291 g/mol. The molecule has 0 saturated heterocycles. The summed E-state index contributed by atoms with van der Waals surface area (Å²) < 4.78 is 10.6. The maximum absolute atomic E-state index is 11.8. The van der Waals surface area contributed by atoms with Gasteiger partial charge in [0.2, 0.25) is 11.2 Å². The molecular weight excluding hydrogens is 270 g/mol. The summed E-state index contributed by atoms with van der Waals surface area (Å²) in [5.74, 6) is -0.140. The molecule has 2 rings (SSSR count). The number of primary amides is 1. The van der Waals surface area contributed by atoms with Crippen molar-refractivity contribution in [3.63, 3.8) is 0 Å². The van der Waals surface area contributed by atoms with Gasteiger partial charge in [-0.05, 0) is 45.4 Å². The molecule has 0 aromatic carbocycles. The summed E-state index contributed by atoms with van der Waals surface area (Å²) in [4.78, 5) is 23.3. The molecule has 5 nitrogen and oxygen atoms in total. The highest BCUT2D eigenvalue weighted by Gasteiger charge is 2.21. The third kappa shape index (κ3) is 4.21. The molecule has 2 N–H and O–H groups in total. The van der Waals surface area contributed by atoms with E-state index in [4.69, 9.17) is 14.9 Å². The zero-order valence-electron chi connectivity index (χ0n) is 12.3. The van der Waals surface area contributed by atoms with E-state index < -0.39 is 12.0 Å². The van der Waals surface area contributed by atoms with Crippen molar-refractivity contribution >= 4 is 5.91 Å². The van der Waals surface area contributed by atoms with Crippen LogP contribution in [0.1, 0.15) is 44.3 Å². The number of hydrogen-bond donors (Lipinski definition) is 1. The van der Waals surface area contributed by atoms with Gasteiger partial charge in [0.15, 0.2) is 6.10 Å². The Kier molecular flexibility index (Phi) is 5.20. The van der Waals surface area contributed by atoms with Crippen molar-refractivity contribution in [3.05, 3.63) is 40.0 Å². The molecule has 1 aliphatic carbocycles. The van der Waals surface area contributed by atoms with Gasteiger partial charge in [0.1, 0.15) is 5.76 Å². The van der Waals surface area contributed by atoms with Crippen LogP contribution in [0.4, 0.5) is 0 Å². The fraction of sp³-hybridized carbons (Fsp3) is 0.500. The third-order valence-electron chi connectivity index (χ3n) is 3.70. The van der Waals surface area contributed by atoms with Crippen LogP contribution in [-0.2, 0) is 4.79 Å². The number of nitrogens with two attached hydrogens (primary N) is 1. The first kappa shape index (κ1) is 15.4. The fourth-order valence-corrected chi connectivity index (χ4v) is 2.49. The lowest BCUT2D eigenvalue weighted by atomic mass is 9.95. The van der Waals surface area contributed by atoms with Gasteiger partial charge in [0, 0.05) is 6.07 Å².